The second kappa shape index (κ2) is 5.10. The van der Waals surface area contributed by atoms with Gasteiger partial charge in [-0.2, -0.15) is 6.42 Å². The van der Waals surface area contributed by atoms with Gasteiger partial charge in [0.05, 0.1) is 0 Å². The summed E-state index contributed by atoms with van der Waals surface area (Å²) >= 11 is 0. The zero-order valence-electron chi connectivity index (χ0n) is 4.91. The molecule has 1 heterocycles. The van der Waals surface area contributed by atoms with Crippen molar-refractivity contribution in [1.29, 1.82) is 0 Å². The molecule has 0 aromatic heterocycles. The Kier molecular flexibility index (Phi) is 5.80. The van der Waals surface area contributed by atoms with Gasteiger partial charge in [0.2, 0.25) is 0 Å². The van der Waals surface area contributed by atoms with Crippen molar-refractivity contribution in [2.24, 2.45) is 0 Å². The van der Waals surface area contributed by atoms with E-state index in [9.17, 15) is 0 Å². The van der Waals surface area contributed by atoms with Gasteiger partial charge < -0.3 is 11.7 Å². The Balaban J connectivity index is 0.000000360. The van der Waals surface area contributed by atoms with Gasteiger partial charge in [0.25, 0.3) is 0 Å². The fourth-order valence-electron chi connectivity index (χ4n) is 0.678. The Labute approximate surface area is 67.2 Å². The smallest absolute Gasteiger partial charge is 0.346 e. The summed E-state index contributed by atoms with van der Waals surface area (Å²) in [5.74, 6) is 0. The van der Waals surface area contributed by atoms with Crippen molar-refractivity contribution in [3.8, 4) is 0 Å². The van der Waals surface area contributed by atoms with Gasteiger partial charge in [-0.05, 0) is 6.54 Å². The minimum absolute atomic E-state index is 0. The van der Waals surface area contributed by atoms with E-state index in [1.807, 2.05) is 0 Å². The quantitative estimate of drug-likeness (QED) is 0.268. The molecular weight excluding hydrogens is 97.1 g/mol. The molecule has 1 rings (SSSR count). The summed E-state index contributed by atoms with van der Waals surface area (Å²) in [6.07, 6.45) is 4.93. The summed E-state index contributed by atoms with van der Waals surface area (Å²) < 4.78 is 0. The predicted molar refractivity (Wildman–Crippen MR) is 26.4 cm³/mol. The number of hydrogen-bond donors (Lipinski definition) is 1. The first kappa shape index (κ1) is 7.96. The topological polar surface area (TPSA) is 12.0 Å². The molecule has 1 fully saturated rings. The molecule has 0 aromatic rings. The monoisotopic (exact) mass is 107 g/mol. The van der Waals surface area contributed by atoms with E-state index in [1.165, 1.54) is 19.4 Å². The van der Waals surface area contributed by atoms with Gasteiger partial charge in [0, 0.05) is 0 Å². The predicted octanol–water partition coefficient (Wildman–Crippen LogP) is -2.42. The van der Waals surface area contributed by atoms with Crippen LogP contribution in [0.5, 0.6) is 0 Å². The SMILES string of the molecule is [CH-]1CCCNC1.[Na+]. The average molecular weight is 107 g/mol. The van der Waals surface area contributed by atoms with Crippen molar-refractivity contribution in [3.05, 3.63) is 6.42 Å². The Bertz CT molecular complexity index is 23.6. The van der Waals surface area contributed by atoms with Crippen LogP contribution in [0.25, 0.3) is 0 Å². The third-order valence-corrected chi connectivity index (χ3v) is 1.05. The van der Waals surface area contributed by atoms with Crippen LogP contribution in [-0.2, 0) is 0 Å². The molecule has 1 N–H and O–H groups in total. The van der Waals surface area contributed by atoms with Gasteiger partial charge in [-0.1, -0.05) is 6.42 Å². The van der Waals surface area contributed by atoms with Crippen molar-refractivity contribution in [2.45, 2.75) is 12.8 Å². The van der Waals surface area contributed by atoms with Crippen molar-refractivity contribution >= 4 is 0 Å². The molecule has 36 valence electrons. The van der Waals surface area contributed by atoms with Crippen molar-refractivity contribution in [1.82, 2.24) is 5.32 Å². The zero-order chi connectivity index (χ0) is 4.24. The van der Waals surface area contributed by atoms with Crippen molar-refractivity contribution in [3.63, 3.8) is 0 Å². The molecule has 0 spiro atoms. The van der Waals surface area contributed by atoms with E-state index in [0.717, 1.165) is 6.54 Å². The molecule has 0 bridgehead atoms. The minimum Gasteiger partial charge on any atom is -0.346 e. The number of nitrogens with one attached hydrogen (secondary N) is 1. The van der Waals surface area contributed by atoms with Gasteiger partial charge in [-0.15, -0.1) is 6.54 Å². The molecule has 0 saturated carbocycles. The second-order valence-electron chi connectivity index (χ2n) is 1.64. The first-order chi connectivity index (χ1) is 3.00. The molecule has 1 nitrogen and oxygen atoms in total. The van der Waals surface area contributed by atoms with Crippen LogP contribution in [-0.4, -0.2) is 13.1 Å². The molecule has 1 aliphatic rings. The first-order valence-electron chi connectivity index (χ1n) is 2.52. The summed E-state index contributed by atoms with van der Waals surface area (Å²) in [6.45, 7) is 2.34. The van der Waals surface area contributed by atoms with E-state index < -0.39 is 0 Å². The summed E-state index contributed by atoms with van der Waals surface area (Å²) in [6, 6.07) is 0. The molecule has 7 heavy (non-hydrogen) atoms. The Morgan fingerprint density at radius 1 is 1.43 bits per heavy atom. The second-order valence-corrected chi connectivity index (χ2v) is 1.64. The van der Waals surface area contributed by atoms with Crippen LogP contribution < -0.4 is 34.9 Å². The van der Waals surface area contributed by atoms with Crippen LogP contribution in [0, 0.1) is 6.42 Å². The van der Waals surface area contributed by atoms with Gasteiger partial charge >= 0.3 is 29.6 Å². The Morgan fingerprint density at radius 3 is 2.43 bits per heavy atom. The Hall–Kier alpha value is 0.960. The molecule has 0 amide bonds. The molecule has 0 unspecified atom stereocenters. The molecule has 2 heteroatoms. The maximum absolute atomic E-state index is 3.23. The van der Waals surface area contributed by atoms with Crippen molar-refractivity contribution < 1.29 is 29.6 Å². The standard InChI is InChI=1S/C5H10N.Na/c1-2-4-6-5-3-1;/h2,6H,1,3-5H2;/q-1;+1. The molecule has 0 aliphatic carbocycles. The molecular formula is C5H10NNa. The number of hydrogen-bond acceptors (Lipinski definition) is 1. The average Bonchev–Trinajstić information content (AvgIpc) is 1.72. The van der Waals surface area contributed by atoms with Gasteiger partial charge in [0.1, 0.15) is 0 Å². The van der Waals surface area contributed by atoms with Gasteiger partial charge in [-0.25, -0.2) is 0 Å². The zero-order valence-corrected chi connectivity index (χ0v) is 6.91. The van der Waals surface area contributed by atoms with Gasteiger partial charge in [0.15, 0.2) is 0 Å². The van der Waals surface area contributed by atoms with E-state index in [0.29, 0.717) is 0 Å². The van der Waals surface area contributed by atoms with E-state index >= 15 is 0 Å². The van der Waals surface area contributed by atoms with Crippen LogP contribution in [0.1, 0.15) is 12.8 Å². The number of rotatable bonds is 0. The fraction of sp³-hybridized carbons (Fsp3) is 0.800. The van der Waals surface area contributed by atoms with Gasteiger partial charge in [-0.3, -0.25) is 0 Å². The molecule has 0 aromatic carbocycles. The molecule has 0 radical (unpaired) electrons. The minimum atomic E-state index is 0. The largest absolute Gasteiger partial charge is 1.00 e. The summed E-state index contributed by atoms with van der Waals surface area (Å²) in [5, 5.41) is 3.23. The van der Waals surface area contributed by atoms with Crippen LogP contribution in [0.2, 0.25) is 0 Å². The summed E-state index contributed by atoms with van der Waals surface area (Å²) in [4.78, 5) is 0. The van der Waals surface area contributed by atoms with Crippen LogP contribution >= 0.6 is 0 Å². The van der Waals surface area contributed by atoms with Crippen molar-refractivity contribution in [2.75, 3.05) is 13.1 Å². The third-order valence-electron chi connectivity index (χ3n) is 1.05. The third kappa shape index (κ3) is 3.53. The van der Waals surface area contributed by atoms with E-state index in [-0.39, 0.29) is 29.6 Å². The van der Waals surface area contributed by atoms with Crippen LogP contribution in [0.3, 0.4) is 0 Å². The van der Waals surface area contributed by atoms with E-state index in [4.69, 9.17) is 0 Å². The molecule has 0 atom stereocenters. The molecule has 1 aliphatic heterocycles. The maximum atomic E-state index is 3.23. The fourth-order valence-corrected chi connectivity index (χ4v) is 0.678. The van der Waals surface area contributed by atoms with E-state index in [1.54, 1.807) is 0 Å². The van der Waals surface area contributed by atoms with E-state index in [2.05, 4.69) is 11.7 Å². The molecule has 1 saturated heterocycles. The maximum Gasteiger partial charge on any atom is 1.00 e. The normalized spacial score (nSPS) is 20.6. The Morgan fingerprint density at radius 2 is 2.29 bits per heavy atom. The first-order valence-corrected chi connectivity index (χ1v) is 2.52. The van der Waals surface area contributed by atoms with Crippen LogP contribution in [0.15, 0.2) is 0 Å². The van der Waals surface area contributed by atoms with Crippen LogP contribution in [0.4, 0.5) is 0 Å². The summed E-state index contributed by atoms with van der Waals surface area (Å²) in [7, 11) is 0. The number of piperidine rings is 1. The summed E-state index contributed by atoms with van der Waals surface area (Å²) in [5.41, 5.74) is 0.